The number of benzene rings is 2. The summed E-state index contributed by atoms with van der Waals surface area (Å²) >= 11 is 1.66. The van der Waals surface area contributed by atoms with Crippen LogP contribution < -0.4 is 10.6 Å². The zero-order valence-corrected chi connectivity index (χ0v) is 18.0. The van der Waals surface area contributed by atoms with Crippen molar-refractivity contribution in [2.24, 2.45) is 4.99 Å². The summed E-state index contributed by atoms with van der Waals surface area (Å²) in [6.45, 7) is 3.86. The smallest absolute Gasteiger partial charge is 0.255 e. The quantitative estimate of drug-likeness (QED) is 0.606. The van der Waals surface area contributed by atoms with E-state index in [-0.39, 0.29) is 11.9 Å². The van der Waals surface area contributed by atoms with E-state index in [1.165, 1.54) is 0 Å². The molecule has 1 aromatic heterocycles. The number of amides is 1. The number of anilines is 2. The first kappa shape index (κ1) is 20.6. The van der Waals surface area contributed by atoms with Crippen LogP contribution in [0.25, 0.3) is 0 Å². The number of hydrogen-bond donors (Lipinski definition) is 2. The van der Waals surface area contributed by atoms with Crippen molar-refractivity contribution >= 4 is 34.2 Å². The Hall–Kier alpha value is -3.63. The third kappa shape index (κ3) is 4.76. The van der Waals surface area contributed by atoms with Crippen LogP contribution >= 0.6 is 11.8 Å². The van der Waals surface area contributed by atoms with E-state index in [9.17, 15) is 10.1 Å². The zero-order valence-electron chi connectivity index (χ0n) is 17.2. The fraction of sp³-hybridized carbons (Fsp3) is 0.167. The van der Waals surface area contributed by atoms with Gasteiger partial charge in [-0.25, -0.2) is 0 Å². The van der Waals surface area contributed by atoms with Gasteiger partial charge in [-0.3, -0.25) is 14.8 Å². The summed E-state index contributed by atoms with van der Waals surface area (Å²) < 4.78 is 0. The molecule has 0 aliphatic carbocycles. The number of rotatable bonds is 4. The second-order valence-electron chi connectivity index (χ2n) is 7.29. The number of aliphatic imine (C=N–C) groups is 1. The van der Waals surface area contributed by atoms with Crippen LogP contribution in [0.2, 0.25) is 0 Å². The van der Waals surface area contributed by atoms with Crippen molar-refractivity contribution in [3.63, 3.8) is 0 Å². The van der Waals surface area contributed by atoms with Crippen molar-refractivity contribution in [2.45, 2.75) is 19.9 Å². The Labute approximate surface area is 185 Å². The molecule has 2 heterocycles. The average molecular weight is 428 g/mol. The van der Waals surface area contributed by atoms with Crippen LogP contribution in [0.5, 0.6) is 0 Å². The molecule has 1 atom stereocenters. The van der Waals surface area contributed by atoms with E-state index in [1.807, 2.05) is 44.2 Å². The van der Waals surface area contributed by atoms with Crippen LogP contribution in [-0.4, -0.2) is 21.8 Å². The fourth-order valence-electron chi connectivity index (χ4n) is 3.24. The number of carbonyl (C=O) groups is 1. The highest BCUT2D eigenvalue weighted by Crippen LogP contribution is 2.31. The SMILES string of the molecule is Cc1ccc(NC(=O)c2ccc(C)c(NC3=NC(c4ccncc4)CS3)c2)cc1C#N. The number of amidine groups is 1. The van der Waals surface area contributed by atoms with Crippen molar-refractivity contribution < 1.29 is 4.79 Å². The first-order valence-corrected chi connectivity index (χ1v) is 10.8. The second-order valence-corrected chi connectivity index (χ2v) is 8.30. The minimum Gasteiger partial charge on any atom is -0.335 e. The van der Waals surface area contributed by atoms with Gasteiger partial charge in [-0.05, 0) is 66.9 Å². The van der Waals surface area contributed by atoms with Crippen LogP contribution in [0, 0.1) is 25.2 Å². The van der Waals surface area contributed by atoms with E-state index in [0.717, 1.165) is 33.3 Å². The topological polar surface area (TPSA) is 90.2 Å². The standard InChI is InChI=1S/C24H21N5OS/c1-15-4-6-20(11-19(15)13-25)27-23(30)18-5-3-16(2)21(12-18)28-24-29-22(14-31-24)17-7-9-26-10-8-17/h3-12,22H,14H2,1-2H3,(H,27,30)(H,28,29). The Kier molecular flexibility index (Phi) is 6.01. The predicted molar refractivity (Wildman–Crippen MR) is 126 cm³/mol. The normalized spacial score (nSPS) is 15.1. The zero-order chi connectivity index (χ0) is 21.8. The first-order valence-electron chi connectivity index (χ1n) is 9.84. The average Bonchev–Trinajstić information content (AvgIpc) is 3.25. The third-order valence-corrected chi connectivity index (χ3v) is 6.06. The van der Waals surface area contributed by atoms with E-state index in [1.54, 1.807) is 42.4 Å². The number of nitrogens with zero attached hydrogens (tertiary/aromatic N) is 3. The van der Waals surface area contributed by atoms with Crippen molar-refractivity contribution in [3.8, 4) is 6.07 Å². The van der Waals surface area contributed by atoms with Gasteiger partial charge in [0.1, 0.15) is 0 Å². The number of pyridine rings is 1. The molecular formula is C24H21N5OS. The Balaban J connectivity index is 1.50. The lowest BCUT2D eigenvalue weighted by Gasteiger charge is -2.12. The highest BCUT2D eigenvalue weighted by atomic mass is 32.2. The van der Waals surface area contributed by atoms with Crippen LogP contribution in [0.4, 0.5) is 11.4 Å². The molecular weight excluding hydrogens is 406 g/mol. The molecule has 7 heteroatoms. The predicted octanol–water partition coefficient (Wildman–Crippen LogP) is 5.08. The molecule has 0 saturated carbocycles. The Morgan fingerprint density at radius 1 is 1.10 bits per heavy atom. The first-order chi connectivity index (χ1) is 15.0. The Morgan fingerprint density at radius 2 is 1.87 bits per heavy atom. The lowest BCUT2D eigenvalue weighted by molar-refractivity contribution is 0.102. The summed E-state index contributed by atoms with van der Waals surface area (Å²) in [4.78, 5) is 21.6. The number of thioether (sulfide) groups is 1. The largest absolute Gasteiger partial charge is 0.335 e. The van der Waals surface area contributed by atoms with Crippen LogP contribution in [0.1, 0.15) is 38.7 Å². The number of aryl methyl sites for hydroxylation is 2. The van der Waals surface area contributed by atoms with Gasteiger partial charge in [-0.2, -0.15) is 5.26 Å². The van der Waals surface area contributed by atoms with E-state index >= 15 is 0 Å². The fourth-order valence-corrected chi connectivity index (χ4v) is 4.20. The Bertz CT molecular complexity index is 1200. The van der Waals surface area contributed by atoms with Crippen molar-refractivity contribution in [1.29, 1.82) is 5.26 Å². The van der Waals surface area contributed by atoms with Gasteiger partial charge in [0.15, 0.2) is 5.17 Å². The molecule has 0 saturated heterocycles. The van der Waals surface area contributed by atoms with Crippen LogP contribution in [0.15, 0.2) is 65.9 Å². The number of nitriles is 1. The summed E-state index contributed by atoms with van der Waals surface area (Å²) in [6.07, 6.45) is 3.56. The highest BCUT2D eigenvalue weighted by molar-refractivity contribution is 8.14. The maximum atomic E-state index is 12.8. The summed E-state index contributed by atoms with van der Waals surface area (Å²) in [5.74, 6) is 0.631. The molecule has 3 aromatic rings. The maximum absolute atomic E-state index is 12.8. The molecule has 2 N–H and O–H groups in total. The third-order valence-electron chi connectivity index (χ3n) is 5.10. The molecule has 2 aromatic carbocycles. The van der Waals surface area contributed by atoms with E-state index in [0.29, 0.717) is 16.8 Å². The number of aromatic nitrogens is 1. The van der Waals surface area contributed by atoms with Gasteiger partial charge < -0.3 is 10.6 Å². The summed E-state index contributed by atoms with van der Waals surface area (Å²) in [7, 11) is 0. The maximum Gasteiger partial charge on any atom is 0.255 e. The van der Waals surface area contributed by atoms with Crippen LogP contribution in [-0.2, 0) is 0 Å². The molecule has 1 aliphatic heterocycles. The number of hydrogen-bond acceptors (Lipinski definition) is 6. The molecule has 1 amide bonds. The van der Waals surface area contributed by atoms with Crippen LogP contribution in [0.3, 0.4) is 0 Å². The highest BCUT2D eigenvalue weighted by Gasteiger charge is 2.20. The lowest BCUT2D eigenvalue weighted by Crippen LogP contribution is -2.13. The van der Waals surface area contributed by atoms with Crippen molar-refractivity contribution in [3.05, 3.63) is 88.7 Å². The van der Waals surface area contributed by atoms with E-state index in [4.69, 9.17) is 4.99 Å². The van der Waals surface area contributed by atoms with Gasteiger partial charge in [-0.1, -0.05) is 23.9 Å². The monoisotopic (exact) mass is 427 g/mol. The molecule has 1 unspecified atom stereocenters. The molecule has 0 spiro atoms. The minimum atomic E-state index is -0.230. The summed E-state index contributed by atoms with van der Waals surface area (Å²) in [5, 5.41) is 16.3. The summed E-state index contributed by atoms with van der Waals surface area (Å²) in [5.41, 5.74) is 5.55. The molecule has 4 rings (SSSR count). The number of carbonyl (C=O) groups excluding carboxylic acids is 1. The molecule has 1 aliphatic rings. The van der Waals surface area contributed by atoms with Gasteiger partial charge in [0.25, 0.3) is 5.91 Å². The molecule has 0 bridgehead atoms. The molecule has 0 fully saturated rings. The Morgan fingerprint density at radius 3 is 2.65 bits per heavy atom. The van der Waals surface area contributed by atoms with Gasteiger partial charge in [-0.15, -0.1) is 0 Å². The van der Waals surface area contributed by atoms with Crippen molar-refractivity contribution in [1.82, 2.24) is 4.98 Å². The van der Waals surface area contributed by atoms with Gasteiger partial charge >= 0.3 is 0 Å². The molecule has 6 nitrogen and oxygen atoms in total. The minimum absolute atomic E-state index is 0.0955. The van der Waals surface area contributed by atoms with Gasteiger partial charge in [0, 0.05) is 35.1 Å². The molecule has 0 radical (unpaired) electrons. The second kappa shape index (κ2) is 9.02. The van der Waals surface area contributed by atoms with Gasteiger partial charge in [0.2, 0.25) is 0 Å². The van der Waals surface area contributed by atoms with E-state index < -0.39 is 0 Å². The summed E-state index contributed by atoms with van der Waals surface area (Å²) in [6, 6.07) is 17.0. The molecule has 154 valence electrons. The van der Waals surface area contributed by atoms with E-state index in [2.05, 4.69) is 21.7 Å². The number of nitrogens with one attached hydrogen (secondary N) is 2. The molecule has 31 heavy (non-hydrogen) atoms. The van der Waals surface area contributed by atoms with Gasteiger partial charge in [0.05, 0.1) is 17.7 Å². The lowest BCUT2D eigenvalue weighted by atomic mass is 10.1. The van der Waals surface area contributed by atoms with Crippen molar-refractivity contribution in [2.75, 3.05) is 16.4 Å².